The molecule has 0 saturated heterocycles. The number of methoxy groups -OCH3 is 1. The second-order valence-corrected chi connectivity index (χ2v) is 9.95. The Balaban J connectivity index is 1.78. The molecule has 1 aromatic heterocycles. The number of aliphatic hydroxyl groups excluding tert-OH is 3. The quantitative estimate of drug-likeness (QED) is 0.198. The molecule has 0 fully saturated rings. The fourth-order valence-electron chi connectivity index (χ4n) is 6.18. The van der Waals surface area contributed by atoms with Gasteiger partial charge in [-0.3, -0.25) is 24.0 Å². The standard InChI is InChI=1S/C30H21NO10/c1-3-4-5-6-13-8-11-7-12-9-16(33)30(22(12)26(37)17(11)29(40)31-13)27(38)20-21(28(30)39)25(36)19-18(24(20)35)14(32)10-15(41-2)23(19)34/h3-8,10,16,33,37-39H,9H2,1-2H3,(H,31,40)/t16?,30-/m1/s1. The lowest BCUT2D eigenvalue weighted by Gasteiger charge is -2.30. The number of hydrogen-bond donors (Lipinski definition) is 5. The Hall–Kier alpha value is -5.29. The van der Waals surface area contributed by atoms with Crippen molar-refractivity contribution in [3.05, 3.63) is 125 Å². The van der Waals surface area contributed by atoms with Crippen LogP contribution >= 0.6 is 0 Å². The Kier molecular flexibility index (Phi) is 5.45. The Morgan fingerprint density at radius 3 is 2.20 bits per heavy atom. The van der Waals surface area contributed by atoms with Gasteiger partial charge in [-0.25, -0.2) is 0 Å². The monoisotopic (exact) mass is 555 g/mol. The van der Waals surface area contributed by atoms with E-state index in [0.29, 0.717) is 11.1 Å². The van der Waals surface area contributed by atoms with Crippen LogP contribution in [0.3, 0.4) is 0 Å². The lowest BCUT2D eigenvalue weighted by molar-refractivity contribution is 0.125. The molecule has 1 unspecified atom stereocenters. The van der Waals surface area contributed by atoms with Crippen LogP contribution in [0.1, 0.15) is 23.7 Å². The van der Waals surface area contributed by atoms with E-state index < -0.39 is 82.7 Å². The first-order valence-electron chi connectivity index (χ1n) is 12.5. The predicted octanol–water partition coefficient (Wildman–Crippen LogP) is -0.926. The predicted molar refractivity (Wildman–Crippen MR) is 149 cm³/mol. The lowest BCUT2D eigenvalue weighted by Crippen LogP contribution is -2.51. The summed E-state index contributed by atoms with van der Waals surface area (Å²) >= 11 is 0. The summed E-state index contributed by atoms with van der Waals surface area (Å²) in [6.45, 7) is 1.82. The maximum atomic E-state index is 13.6. The number of phenols is 1. The fourth-order valence-corrected chi connectivity index (χ4v) is 6.18. The van der Waals surface area contributed by atoms with Crippen LogP contribution in [0.15, 0.2) is 60.4 Å². The van der Waals surface area contributed by atoms with Gasteiger partial charge in [0, 0.05) is 23.7 Å². The second kappa shape index (κ2) is 8.60. The third kappa shape index (κ3) is 3.09. The molecular weight excluding hydrogens is 534 g/mol. The molecule has 4 aliphatic rings. The van der Waals surface area contributed by atoms with Gasteiger partial charge in [-0.15, -0.1) is 0 Å². The highest BCUT2D eigenvalue weighted by atomic mass is 16.5. The Morgan fingerprint density at radius 2 is 1.56 bits per heavy atom. The SMILES string of the molecule is CC=CC=Cc1cc2cc3c(c(O)c2c(=O)[nH]1)[C@@]1(C(O)=c2c(=O)c4c(=O)cc(OC)c(=O)c=4c(=O)c2=C1O)C(O)C3. The summed E-state index contributed by atoms with van der Waals surface area (Å²) in [7, 11) is 1.10. The van der Waals surface area contributed by atoms with Crippen LogP contribution in [0.25, 0.3) is 28.4 Å². The minimum absolute atomic E-state index is 0.222. The van der Waals surface area contributed by atoms with Crippen LogP contribution in [-0.4, -0.2) is 38.6 Å². The number of rotatable bonds is 3. The van der Waals surface area contributed by atoms with E-state index in [-0.39, 0.29) is 22.9 Å². The van der Waals surface area contributed by atoms with Gasteiger partial charge < -0.3 is 30.1 Å². The summed E-state index contributed by atoms with van der Waals surface area (Å²) in [6.07, 6.45) is 4.89. The van der Waals surface area contributed by atoms with Crippen LogP contribution < -0.4 is 42.4 Å². The number of phenolic OH excluding ortho intramolecular Hbond substituents is 1. The normalized spacial score (nSPS) is 19.8. The van der Waals surface area contributed by atoms with E-state index >= 15 is 0 Å². The molecule has 5 N–H and O–H groups in total. The molecule has 1 aromatic carbocycles. The van der Waals surface area contributed by atoms with Gasteiger partial charge >= 0.3 is 0 Å². The zero-order valence-electron chi connectivity index (χ0n) is 21.6. The first kappa shape index (κ1) is 26.0. The van der Waals surface area contributed by atoms with Gasteiger partial charge in [0.15, 0.2) is 11.2 Å². The minimum atomic E-state index is -2.42. The number of aromatic nitrogens is 1. The fraction of sp³-hybridized carbons (Fsp3) is 0.167. The summed E-state index contributed by atoms with van der Waals surface area (Å²) in [5, 5.41) is 42.6. The Bertz CT molecular complexity index is 2390. The van der Waals surface area contributed by atoms with Gasteiger partial charge in [-0.05, 0) is 30.0 Å². The van der Waals surface area contributed by atoms with Crippen molar-refractivity contribution in [2.24, 2.45) is 0 Å². The van der Waals surface area contributed by atoms with Crippen molar-refractivity contribution in [1.29, 1.82) is 0 Å². The number of aromatic amines is 1. The van der Waals surface area contributed by atoms with E-state index in [4.69, 9.17) is 4.74 Å². The van der Waals surface area contributed by atoms with Crippen LogP contribution in [0, 0.1) is 10.4 Å². The van der Waals surface area contributed by atoms with E-state index in [1.165, 1.54) is 6.07 Å². The number of benzene rings is 1. The number of ether oxygens (including phenoxy) is 1. The molecule has 0 aliphatic heterocycles. The zero-order chi connectivity index (χ0) is 29.5. The lowest BCUT2D eigenvalue weighted by atomic mass is 9.77. The minimum Gasteiger partial charge on any atom is -0.510 e. The van der Waals surface area contributed by atoms with Crippen molar-refractivity contribution in [2.75, 3.05) is 7.11 Å². The summed E-state index contributed by atoms with van der Waals surface area (Å²) in [4.78, 5) is 68.4. The molecule has 206 valence electrons. The number of hydrogen-bond acceptors (Lipinski definition) is 10. The van der Waals surface area contributed by atoms with Crippen LogP contribution in [-0.2, 0) is 11.8 Å². The first-order chi connectivity index (χ1) is 19.5. The van der Waals surface area contributed by atoms with Crippen molar-refractivity contribution in [1.82, 2.24) is 4.98 Å². The van der Waals surface area contributed by atoms with E-state index in [2.05, 4.69) is 4.98 Å². The molecule has 2 aromatic rings. The van der Waals surface area contributed by atoms with E-state index in [0.717, 1.165) is 13.2 Å². The van der Waals surface area contributed by atoms with Gasteiger partial charge in [-0.1, -0.05) is 24.3 Å². The molecule has 0 amide bonds. The molecule has 1 spiro atoms. The summed E-state index contributed by atoms with van der Waals surface area (Å²) in [5.41, 5.74) is -7.29. The van der Waals surface area contributed by atoms with Crippen LogP contribution in [0.2, 0.25) is 0 Å². The summed E-state index contributed by atoms with van der Waals surface area (Å²) < 4.78 is 4.87. The number of nitrogens with one attached hydrogen (secondary N) is 1. The highest BCUT2D eigenvalue weighted by molar-refractivity contribution is 5.95. The van der Waals surface area contributed by atoms with Gasteiger partial charge in [-0.2, -0.15) is 0 Å². The Labute approximate surface area is 227 Å². The van der Waals surface area contributed by atoms with Gasteiger partial charge in [0.05, 0.1) is 39.5 Å². The number of pyridine rings is 1. The van der Waals surface area contributed by atoms with Crippen molar-refractivity contribution in [2.45, 2.75) is 24.9 Å². The molecule has 0 bridgehead atoms. The molecule has 11 heteroatoms. The topological polar surface area (TPSA) is 191 Å². The van der Waals surface area contributed by atoms with Crippen molar-refractivity contribution < 1.29 is 25.2 Å². The van der Waals surface area contributed by atoms with E-state index in [1.54, 1.807) is 30.4 Å². The first-order valence-corrected chi connectivity index (χ1v) is 12.5. The average Bonchev–Trinajstić information content (AvgIpc) is 3.35. The zero-order valence-corrected chi connectivity index (χ0v) is 21.6. The average molecular weight is 555 g/mol. The maximum Gasteiger partial charge on any atom is 0.260 e. The van der Waals surface area contributed by atoms with E-state index in [1.807, 2.05) is 6.92 Å². The third-order valence-corrected chi connectivity index (χ3v) is 7.90. The molecule has 4 aliphatic carbocycles. The number of aromatic hydroxyl groups is 1. The van der Waals surface area contributed by atoms with Crippen molar-refractivity contribution in [3.8, 4) is 11.5 Å². The molecule has 41 heavy (non-hydrogen) atoms. The summed E-state index contributed by atoms with van der Waals surface area (Å²) in [5.74, 6) is -3.16. The Morgan fingerprint density at radius 1 is 0.902 bits per heavy atom. The smallest absolute Gasteiger partial charge is 0.260 e. The molecule has 0 radical (unpaired) electrons. The van der Waals surface area contributed by atoms with Crippen molar-refractivity contribution in [3.63, 3.8) is 0 Å². The molecule has 1 heterocycles. The third-order valence-electron chi connectivity index (χ3n) is 7.90. The number of H-pyrrole nitrogens is 1. The molecular formula is C30H21NO10. The van der Waals surface area contributed by atoms with Crippen LogP contribution in [0.5, 0.6) is 11.5 Å². The number of fused-ring (bicyclic) bond motifs is 4. The van der Waals surface area contributed by atoms with Gasteiger partial charge in [0.25, 0.3) is 5.56 Å². The molecule has 2 atom stereocenters. The molecule has 6 rings (SSSR count). The number of allylic oxidation sites excluding steroid dienone is 3. The molecule has 11 nitrogen and oxygen atoms in total. The van der Waals surface area contributed by atoms with E-state index in [9.17, 15) is 44.4 Å². The van der Waals surface area contributed by atoms with Gasteiger partial charge in [0.1, 0.15) is 22.7 Å². The van der Waals surface area contributed by atoms with Crippen molar-refractivity contribution >= 4 is 28.4 Å². The largest absolute Gasteiger partial charge is 0.510 e. The highest BCUT2D eigenvalue weighted by Crippen LogP contribution is 2.54. The van der Waals surface area contributed by atoms with Gasteiger partial charge in [0.2, 0.25) is 16.3 Å². The maximum absolute atomic E-state index is 13.6. The number of aliphatic hydroxyl groups is 3. The highest BCUT2D eigenvalue weighted by Gasteiger charge is 2.58. The summed E-state index contributed by atoms with van der Waals surface area (Å²) in [6, 6.07) is 3.83. The second-order valence-electron chi connectivity index (χ2n) is 9.95. The van der Waals surface area contributed by atoms with Crippen LogP contribution in [0.4, 0.5) is 0 Å². The molecule has 0 saturated carbocycles.